The Morgan fingerprint density at radius 3 is 2.18 bits per heavy atom. The van der Waals surface area contributed by atoms with Gasteiger partial charge in [-0.05, 0) is 18.3 Å². The Kier molecular flexibility index (Phi) is 2.94. The molecular formula is C10H21N. The van der Waals surface area contributed by atoms with Crippen LogP contribution in [0.2, 0.25) is 0 Å². The van der Waals surface area contributed by atoms with Crippen molar-refractivity contribution in [1.82, 2.24) is 5.32 Å². The quantitative estimate of drug-likeness (QED) is 0.646. The number of hydrogen-bond acceptors (Lipinski definition) is 1. The zero-order valence-electron chi connectivity index (χ0n) is 8.11. The molecule has 0 radical (unpaired) electrons. The zero-order valence-corrected chi connectivity index (χ0v) is 8.11. The minimum atomic E-state index is 0.447. The van der Waals surface area contributed by atoms with E-state index in [2.05, 4.69) is 26.1 Å². The van der Waals surface area contributed by atoms with E-state index in [9.17, 15) is 0 Å². The van der Waals surface area contributed by atoms with E-state index in [0.717, 1.165) is 12.6 Å². The van der Waals surface area contributed by atoms with Crippen molar-refractivity contribution in [3.8, 4) is 0 Å². The van der Waals surface area contributed by atoms with Crippen LogP contribution in [0, 0.1) is 5.41 Å². The third-order valence-electron chi connectivity index (χ3n) is 2.28. The van der Waals surface area contributed by atoms with Gasteiger partial charge in [-0.15, -0.1) is 0 Å². The number of hydrogen-bond donors (Lipinski definition) is 1. The Morgan fingerprint density at radius 1 is 1.18 bits per heavy atom. The molecule has 0 aromatic rings. The first kappa shape index (κ1) is 9.05. The summed E-state index contributed by atoms with van der Waals surface area (Å²) in [5.74, 6) is 0. The highest BCUT2D eigenvalue weighted by Gasteiger charge is 2.17. The molecule has 66 valence electrons. The van der Waals surface area contributed by atoms with Gasteiger partial charge in [-0.3, -0.25) is 0 Å². The van der Waals surface area contributed by atoms with Gasteiger partial charge in [0.25, 0.3) is 0 Å². The molecule has 1 N–H and O–H groups in total. The summed E-state index contributed by atoms with van der Waals surface area (Å²) in [5, 5.41) is 3.62. The first-order valence-corrected chi connectivity index (χ1v) is 4.81. The van der Waals surface area contributed by atoms with E-state index >= 15 is 0 Å². The minimum absolute atomic E-state index is 0.447. The van der Waals surface area contributed by atoms with Crippen molar-refractivity contribution in [2.45, 2.75) is 52.5 Å². The van der Waals surface area contributed by atoms with Crippen LogP contribution >= 0.6 is 0 Å². The molecule has 0 aliphatic heterocycles. The zero-order chi connectivity index (χ0) is 8.32. The average Bonchev–Trinajstić information content (AvgIpc) is 2.32. The maximum Gasteiger partial charge on any atom is 0.00672 e. The van der Waals surface area contributed by atoms with E-state index in [-0.39, 0.29) is 0 Å². The van der Waals surface area contributed by atoms with E-state index in [1.807, 2.05) is 0 Å². The average molecular weight is 155 g/mol. The van der Waals surface area contributed by atoms with Crippen molar-refractivity contribution in [3.05, 3.63) is 0 Å². The third kappa shape index (κ3) is 3.76. The molecule has 0 spiro atoms. The molecule has 0 unspecified atom stereocenters. The fraction of sp³-hybridized carbons (Fsp3) is 1.00. The molecule has 0 heterocycles. The maximum atomic E-state index is 3.62. The molecule has 0 aromatic carbocycles. The predicted molar refractivity (Wildman–Crippen MR) is 49.7 cm³/mol. The molecule has 1 fully saturated rings. The predicted octanol–water partition coefficient (Wildman–Crippen LogP) is 2.56. The van der Waals surface area contributed by atoms with Gasteiger partial charge in [-0.25, -0.2) is 0 Å². The fourth-order valence-corrected chi connectivity index (χ4v) is 1.58. The van der Waals surface area contributed by atoms with Gasteiger partial charge in [0.1, 0.15) is 0 Å². The molecule has 11 heavy (non-hydrogen) atoms. The van der Waals surface area contributed by atoms with Gasteiger partial charge in [0.2, 0.25) is 0 Å². The summed E-state index contributed by atoms with van der Waals surface area (Å²) in [6.45, 7) is 8.02. The molecule has 1 saturated carbocycles. The first-order chi connectivity index (χ1) is 5.08. The standard InChI is InChI=1S/C10H21N/c1-10(2,3)8-11-9-6-4-5-7-9/h9,11H,4-8H2,1-3H3. The second-order valence-electron chi connectivity index (χ2n) is 4.92. The Labute approximate surface area is 70.6 Å². The summed E-state index contributed by atoms with van der Waals surface area (Å²) >= 11 is 0. The van der Waals surface area contributed by atoms with E-state index in [4.69, 9.17) is 0 Å². The van der Waals surface area contributed by atoms with Crippen LogP contribution in [-0.4, -0.2) is 12.6 Å². The molecule has 1 heteroatoms. The van der Waals surface area contributed by atoms with Crippen LogP contribution in [0.15, 0.2) is 0 Å². The summed E-state index contributed by atoms with van der Waals surface area (Å²) in [4.78, 5) is 0. The molecule has 0 bridgehead atoms. The Bertz CT molecular complexity index is 107. The highest BCUT2D eigenvalue weighted by atomic mass is 14.9. The summed E-state index contributed by atoms with van der Waals surface area (Å²) in [6.07, 6.45) is 5.66. The largest absolute Gasteiger partial charge is 0.313 e. The Balaban J connectivity index is 2.11. The van der Waals surface area contributed by atoms with Crippen LogP contribution in [0.25, 0.3) is 0 Å². The summed E-state index contributed by atoms with van der Waals surface area (Å²) < 4.78 is 0. The smallest absolute Gasteiger partial charge is 0.00672 e. The SMILES string of the molecule is CC(C)(C)CNC1CCCC1. The highest BCUT2D eigenvalue weighted by Crippen LogP contribution is 2.19. The second-order valence-corrected chi connectivity index (χ2v) is 4.92. The third-order valence-corrected chi connectivity index (χ3v) is 2.28. The molecule has 0 aromatic heterocycles. The van der Waals surface area contributed by atoms with Crippen molar-refractivity contribution < 1.29 is 0 Å². The van der Waals surface area contributed by atoms with E-state index in [1.54, 1.807) is 0 Å². The molecule has 1 aliphatic rings. The van der Waals surface area contributed by atoms with Gasteiger partial charge >= 0.3 is 0 Å². The van der Waals surface area contributed by atoms with Crippen LogP contribution in [0.1, 0.15) is 46.5 Å². The lowest BCUT2D eigenvalue weighted by atomic mass is 9.96. The summed E-state index contributed by atoms with van der Waals surface area (Å²) in [5.41, 5.74) is 0.447. The lowest BCUT2D eigenvalue weighted by Crippen LogP contribution is -2.33. The molecule has 1 rings (SSSR count). The lowest BCUT2D eigenvalue weighted by molar-refractivity contribution is 0.351. The van der Waals surface area contributed by atoms with Crippen LogP contribution in [0.5, 0.6) is 0 Å². The molecule has 1 nitrogen and oxygen atoms in total. The minimum Gasteiger partial charge on any atom is -0.313 e. The fourth-order valence-electron chi connectivity index (χ4n) is 1.58. The number of nitrogens with one attached hydrogen (secondary N) is 1. The molecule has 0 atom stereocenters. The second kappa shape index (κ2) is 3.57. The van der Waals surface area contributed by atoms with Gasteiger partial charge in [0.15, 0.2) is 0 Å². The van der Waals surface area contributed by atoms with Crippen molar-refractivity contribution in [1.29, 1.82) is 0 Å². The van der Waals surface area contributed by atoms with Gasteiger partial charge in [0.05, 0.1) is 0 Å². The van der Waals surface area contributed by atoms with Crippen molar-refractivity contribution in [3.63, 3.8) is 0 Å². The summed E-state index contributed by atoms with van der Waals surface area (Å²) in [6, 6.07) is 0.828. The molecule has 0 amide bonds. The van der Waals surface area contributed by atoms with Crippen LogP contribution in [-0.2, 0) is 0 Å². The monoisotopic (exact) mass is 155 g/mol. The number of rotatable bonds is 2. The highest BCUT2D eigenvalue weighted by molar-refractivity contribution is 4.76. The molecule has 1 aliphatic carbocycles. The van der Waals surface area contributed by atoms with E-state index < -0.39 is 0 Å². The van der Waals surface area contributed by atoms with Crippen molar-refractivity contribution in [2.24, 2.45) is 5.41 Å². The van der Waals surface area contributed by atoms with Crippen LogP contribution < -0.4 is 5.32 Å². The summed E-state index contributed by atoms with van der Waals surface area (Å²) in [7, 11) is 0. The maximum absolute atomic E-state index is 3.62. The molecule has 0 saturated heterocycles. The topological polar surface area (TPSA) is 12.0 Å². The van der Waals surface area contributed by atoms with Gasteiger partial charge in [-0.1, -0.05) is 33.6 Å². The molecular weight excluding hydrogens is 134 g/mol. The van der Waals surface area contributed by atoms with Gasteiger partial charge in [-0.2, -0.15) is 0 Å². The Morgan fingerprint density at radius 2 is 1.73 bits per heavy atom. The van der Waals surface area contributed by atoms with Crippen molar-refractivity contribution in [2.75, 3.05) is 6.54 Å². The lowest BCUT2D eigenvalue weighted by Gasteiger charge is -2.22. The first-order valence-electron chi connectivity index (χ1n) is 4.81. The van der Waals surface area contributed by atoms with E-state index in [1.165, 1.54) is 25.7 Å². The van der Waals surface area contributed by atoms with E-state index in [0.29, 0.717) is 5.41 Å². The van der Waals surface area contributed by atoms with Gasteiger partial charge < -0.3 is 5.32 Å². The normalized spacial score (nSPS) is 21.0. The Hall–Kier alpha value is -0.0400. The van der Waals surface area contributed by atoms with Crippen LogP contribution in [0.4, 0.5) is 0 Å². The van der Waals surface area contributed by atoms with Crippen LogP contribution in [0.3, 0.4) is 0 Å². The van der Waals surface area contributed by atoms with Gasteiger partial charge in [0, 0.05) is 12.6 Å². The van der Waals surface area contributed by atoms with Crippen molar-refractivity contribution >= 4 is 0 Å².